The molecule has 0 aliphatic heterocycles. The van der Waals surface area contributed by atoms with Crippen LogP contribution in [0.3, 0.4) is 0 Å². The molecule has 0 radical (unpaired) electrons. The number of hydrogen-bond donors (Lipinski definition) is 2. The van der Waals surface area contributed by atoms with Crippen LogP contribution in [0.2, 0.25) is 0 Å². The fourth-order valence-corrected chi connectivity index (χ4v) is 3.03. The number of benzene rings is 2. The Morgan fingerprint density at radius 3 is 2.27 bits per heavy atom. The zero-order valence-corrected chi connectivity index (χ0v) is 15.5. The standard InChI is InChI=1S/C18H22FN3O3S/c1-13(15-5-9-17(10-6-15)26(20,24)25)21-18(23)12-22(2)11-14-3-7-16(19)8-4-14/h3-10,13H,11-12H2,1-2H3,(H,21,23)(H2,20,24,25)/t13-/m1/s1. The topological polar surface area (TPSA) is 92.5 Å². The van der Waals surface area contributed by atoms with Gasteiger partial charge >= 0.3 is 0 Å². The number of nitrogens with two attached hydrogens (primary N) is 1. The number of sulfonamides is 1. The fraction of sp³-hybridized carbons (Fsp3) is 0.278. The number of nitrogens with one attached hydrogen (secondary N) is 1. The third kappa shape index (κ3) is 5.91. The summed E-state index contributed by atoms with van der Waals surface area (Å²) in [5.41, 5.74) is 1.68. The van der Waals surface area contributed by atoms with Crippen molar-refractivity contribution in [3.05, 3.63) is 65.5 Å². The molecule has 0 aliphatic carbocycles. The van der Waals surface area contributed by atoms with Crippen LogP contribution in [-0.2, 0) is 21.4 Å². The molecule has 0 aromatic heterocycles. The number of halogens is 1. The second-order valence-electron chi connectivity index (χ2n) is 6.20. The number of rotatable bonds is 7. The highest BCUT2D eigenvalue weighted by atomic mass is 32.2. The molecule has 6 nitrogen and oxygen atoms in total. The molecule has 1 amide bonds. The molecule has 0 spiro atoms. The maximum Gasteiger partial charge on any atom is 0.238 e. The quantitative estimate of drug-likeness (QED) is 0.767. The lowest BCUT2D eigenvalue weighted by Crippen LogP contribution is -2.36. The lowest BCUT2D eigenvalue weighted by molar-refractivity contribution is -0.122. The van der Waals surface area contributed by atoms with E-state index in [2.05, 4.69) is 5.32 Å². The van der Waals surface area contributed by atoms with Crippen LogP contribution in [0, 0.1) is 5.82 Å². The van der Waals surface area contributed by atoms with Gasteiger partial charge in [-0.05, 0) is 49.4 Å². The Kier molecular flexibility index (Phi) is 6.47. The van der Waals surface area contributed by atoms with Crippen molar-refractivity contribution in [1.82, 2.24) is 10.2 Å². The predicted molar refractivity (Wildman–Crippen MR) is 97.1 cm³/mol. The number of carbonyl (C=O) groups excluding carboxylic acids is 1. The first-order valence-corrected chi connectivity index (χ1v) is 9.55. The third-order valence-electron chi connectivity index (χ3n) is 3.87. The van der Waals surface area contributed by atoms with Crippen molar-refractivity contribution in [2.75, 3.05) is 13.6 Å². The van der Waals surface area contributed by atoms with Crippen LogP contribution in [0.4, 0.5) is 4.39 Å². The van der Waals surface area contributed by atoms with Gasteiger partial charge in [0.05, 0.1) is 17.5 Å². The monoisotopic (exact) mass is 379 g/mol. The summed E-state index contributed by atoms with van der Waals surface area (Å²) in [6.07, 6.45) is 0. The Morgan fingerprint density at radius 1 is 1.15 bits per heavy atom. The summed E-state index contributed by atoms with van der Waals surface area (Å²) in [4.78, 5) is 14.0. The second-order valence-corrected chi connectivity index (χ2v) is 7.76. The Balaban J connectivity index is 1.89. The van der Waals surface area contributed by atoms with Crippen molar-refractivity contribution in [3.8, 4) is 0 Å². The van der Waals surface area contributed by atoms with E-state index in [1.54, 1.807) is 31.3 Å². The SMILES string of the molecule is C[C@@H](NC(=O)CN(C)Cc1ccc(F)cc1)c1ccc(S(N)(=O)=O)cc1. The van der Waals surface area contributed by atoms with E-state index in [0.29, 0.717) is 6.54 Å². The summed E-state index contributed by atoms with van der Waals surface area (Å²) in [6, 6.07) is 11.9. The number of carbonyl (C=O) groups is 1. The summed E-state index contributed by atoms with van der Waals surface area (Å²) >= 11 is 0. The van der Waals surface area contributed by atoms with Crippen LogP contribution >= 0.6 is 0 Å². The van der Waals surface area contributed by atoms with Gasteiger partial charge in [-0.2, -0.15) is 0 Å². The smallest absolute Gasteiger partial charge is 0.238 e. The fourth-order valence-electron chi connectivity index (χ4n) is 2.52. The summed E-state index contributed by atoms with van der Waals surface area (Å²) in [6.45, 7) is 2.51. The van der Waals surface area contributed by atoms with Crippen LogP contribution in [0.15, 0.2) is 53.4 Å². The Morgan fingerprint density at radius 2 is 1.73 bits per heavy atom. The Labute approximate surface area is 152 Å². The second kappa shape index (κ2) is 8.39. The average molecular weight is 379 g/mol. The van der Waals surface area contributed by atoms with Gasteiger partial charge in [-0.15, -0.1) is 0 Å². The third-order valence-corrected chi connectivity index (χ3v) is 4.79. The molecule has 0 saturated heterocycles. The van der Waals surface area contributed by atoms with Gasteiger partial charge in [-0.25, -0.2) is 17.9 Å². The van der Waals surface area contributed by atoms with Crippen molar-refractivity contribution in [1.29, 1.82) is 0 Å². The Hall–Kier alpha value is -2.29. The maximum absolute atomic E-state index is 12.9. The summed E-state index contributed by atoms with van der Waals surface area (Å²) in [5.74, 6) is -0.464. The van der Waals surface area contributed by atoms with E-state index in [1.165, 1.54) is 24.3 Å². The van der Waals surface area contributed by atoms with E-state index in [9.17, 15) is 17.6 Å². The highest BCUT2D eigenvalue weighted by Crippen LogP contribution is 2.15. The minimum Gasteiger partial charge on any atom is -0.348 e. The molecule has 2 aromatic rings. The van der Waals surface area contributed by atoms with Crippen LogP contribution in [0.25, 0.3) is 0 Å². The summed E-state index contributed by atoms with van der Waals surface area (Å²) in [7, 11) is -1.93. The van der Waals surface area contributed by atoms with Gasteiger partial charge in [0, 0.05) is 6.54 Å². The van der Waals surface area contributed by atoms with E-state index in [0.717, 1.165) is 11.1 Å². The number of amides is 1. The molecule has 3 N–H and O–H groups in total. The van der Waals surface area contributed by atoms with E-state index in [-0.39, 0.29) is 29.2 Å². The zero-order chi connectivity index (χ0) is 19.3. The van der Waals surface area contributed by atoms with Crippen molar-refractivity contribution in [2.45, 2.75) is 24.4 Å². The molecule has 0 bridgehead atoms. The van der Waals surface area contributed by atoms with Crippen LogP contribution in [-0.4, -0.2) is 32.8 Å². The minimum atomic E-state index is -3.73. The normalized spacial score (nSPS) is 12.8. The average Bonchev–Trinajstić information content (AvgIpc) is 2.56. The summed E-state index contributed by atoms with van der Waals surface area (Å²) in [5, 5.41) is 7.93. The first-order valence-electron chi connectivity index (χ1n) is 8.00. The van der Waals surface area contributed by atoms with Crippen LogP contribution < -0.4 is 10.5 Å². The van der Waals surface area contributed by atoms with Crippen molar-refractivity contribution >= 4 is 15.9 Å². The van der Waals surface area contributed by atoms with Crippen molar-refractivity contribution in [3.63, 3.8) is 0 Å². The largest absolute Gasteiger partial charge is 0.348 e. The lowest BCUT2D eigenvalue weighted by atomic mass is 10.1. The lowest BCUT2D eigenvalue weighted by Gasteiger charge is -2.19. The predicted octanol–water partition coefficient (Wildman–Crippen LogP) is 1.78. The van der Waals surface area contributed by atoms with E-state index < -0.39 is 10.0 Å². The molecular formula is C18H22FN3O3S. The van der Waals surface area contributed by atoms with Gasteiger partial charge in [0.2, 0.25) is 15.9 Å². The van der Waals surface area contributed by atoms with E-state index in [1.807, 2.05) is 11.8 Å². The molecule has 2 rings (SSSR count). The molecule has 140 valence electrons. The van der Waals surface area contributed by atoms with E-state index in [4.69, 9.17) is 5.14 Å². The molecule has 1 atom stereocenters. The molecule has 26 heavy (non-hydrogen) atoms. The van der Waals surface area contributed by atoms with Crippen LogP contribution in [0.1, 0.15) is 24.1 Å². The highest BCUT2D eigenvalue weighted by molar-refractivity contribution is 7.89. The first-order chi connectivity index (χ1) is 12.1. The molecule has 2 aromatic carbocycles. The highest BCUT2D eigenvalue weighted by Gasteiger charge is 2.13. The first kappa shape index (κ1) is 20.0. The molecule has 8 heteroatoms. The van der Waals surface area contributed by atoms with Gasteiger partial charge in [0.1, 0.15) is 5.82 Å². The number of likely N-dealkylation sites (N-methyl/N-ethyl adjacent to an activating group) is 1. The molecular weight excluding hydrogens is 357 g/mol. The molecule has 0 aliphatic rings. The van der Waals surface area contributed by atoms with Crippen LogP contribution in [0.5, 0.6) is 0 Å². The van der Waals surface area contributed by atoms with Crippen molar-refractivity contribution in [2.24, 2.45) is 5.14 Å². The number of nitrogens with zero attached hydrogens (tertiary/aromatic N) is 1. The maximum atomic E-state index is 12.9. The minimum absolute atomic E-state index is 0.0267. The van der Waals surface area contributed by atoms with Gasteiger partial charge < -0.3 is 5.32 Å². The molecule has 0 fully saturated rings. The van der Waals surface area contributed by atoms with Gasteiger partial charge in [-0.1, -0.05) is 24.3 Å². The zero-order valence-electron chi connectivity index (χ0n) is 14.6. The van der Waals surface area contributed by atoms with Crippen molar-refractivity contribution < 1.29 is 17.6 Å². The number of primary sulfonamides is 1. The molecule has 0 unspecified atom stereocenters. The van der Waals surface area contributed by atoms with Gasteiger partial charge in [0.25, 0.3) is 0 Å². The Bertz CT molecular complexity index is 852. The van der Waals surface area contributed by atoms with Gasteiger partial charge in [-0.3, -0.25) is 9.69 Å². The summed E-state index contributed by atoms with van der Waals surface area (Å²) < 4.78 is 35.4. The number of hydrogen-bond acceptors (Lipinski definition) is 4. The van der Waals surface area contributed by atoms with E-state index >= 15 is 0 Å². The molecule has 0 saturated carbocycles. The molecule has 0 heterocycles. The van der Waals surface area contributed by atoms with Gasteiger partial charge in [0.15, 0.2) is 0 Å².